The number of likely N-dealkylation sites (tertiary alicyclic amines) is 1. The largest absolute Gasteiger partial charge is 0.496 e. The van der Waals surface area contributed by atoms with Gasteiger partial charge < -0.3 is 15.0 Å². The van der Waals surface area contributed by atoms with Gasteiger partial charge in [0.25, 0.3) is 0 Å². The maximum atomic E-state index is 12.1. The van der Waals surface area contributed by atoms with Crippen LogP contribution in [0.3, 0.4) is 0 Å². The van der Waals surface area contributed by atoms with Gasteiger partial charge in [-0.05, 0) is 56.8 Å². The van der Waals surface area contributed by atoms with Gasteiger partial charge in [-0.15, -0.1) is 0 Å². The summed E-state index contributed by atoms with van der Waals surface area (Å²) in [5.41, 5.74) is 1.28. The fraction of sp³-hybridized carbons (Fsp3) is 0.611. The summed E-state index contributed by atoms with van der Waals surface area (Å²) in [6, 6.07) is 8.25. The van der Waals surface area contributed by atoms with Gasteiger partial charge >= 0.3 is 0 Å². The molecule has 0 bridgehead atoms. The molecule has 1 fully saturated rings. The third kappa shape index (κ3) is 4.73. The van der Waals surface area contributed by atoms with E-state index >= 15 is 0 Å². The smallest absolute Gasteiger partial charge is 0.222 e. The number of nitrogens with one attached hydrogen (secondary N) is 1. The molecule has 1 aliphatic rings. The fourth-order valence-electron chi connectivity index (χ4n) is 3.14. The Morgan fingerprint density at radius 2 is 2.05 bits per heavy atom. The van der Waals surface area contributed by atoms with Crippen LogP contribution < -0.4 is 10.1 Å². The van der Waals surface area contributed by atoms with Gasteiger partial charge in [-0.1, -0.05) is 18.2 Å². The summed E-state index contributed by atoms with van der Waals surface area (Å²) in [4.78, 5) is 14.2. The van der Waals surface area contributed by atoms with Crippen LogP contribution in [0.5, 0.6) is 5.75 Å². The van der Waals surface area contributed by atoms with Gasteiger partial charge in [0.2, 0.25) is 5.91 Å². The van der Waals surface area contributed by atoms with Crippen molar-refractivity contribution >= 4 is 5.91 Å². The van der Waals surface area contributed by atoms with Gasteiger partial charge in [0, 0.05) is 19.5 Å². The molecule has 0 spiro atoms. The van der Waals surface area contributed by atoms with Crippen molar-refractivity contribution in [1.82, 2.24) is 10.2 Å². The quantitative estimate of drug-likeness (QED) is 0.787. The van der Waals surface area contributed by atoms with Crippen LogP contribution in [0.1, 0.15) is 31.2 Å². The van der Waals surface area contributed by atoms with Gasteiger partial charge in [0.15, 0.2) is 0 Å². The van der Waals surface area contributed by atoms with Crippen molar-refractivity contribution in [2.75, 3.05) is 33.8 Å². The number of para-hydroxylation sites is 1. The number of benzene rings is 1. The van der Waals surface area contributed by atoms with E-state index in [2.05, 4.69) is 17.4 Å². The molecule has 0 radical (unpaired) electrons. The Kier molecular flexibility index (Phi) is 6.72. The molecule has 1 N–H and O–H groups in total. The fourth-order valence-corrected chi connectivity index (χ4v) is 3.14. The molecule has 0 saturated carbocycles. The number of nitrogens with zero attached hydrogens (tertiary/aromatic N) is 1. The number of ether oxygens (including phenoxy) is 1. The predicted molar refractivity (Wildman–Crippen MR) is 89.2 cm³/mol. The number of hydrogen-bond donors (Lipinski definition) is 1. The van der Waals surface area contributed by atoms with E-state index in [1.165, 1.54) is 5.56 Å². The average molecular weight is 304 g/mol. The molecule has 1 aromatic carbocycles. The van der Waals surface area contributed by atoms with Gasteiger partial charge in [-0.2, -0.15) is 0 Å². The van der Waals surface area contributed by atoms with E-state index in [1.807, 2.05) is 24.1 Å². The Morgan fingerprint density at radius 3 is 2.73 bits per heavy atom. The number of methoxy groups -OCH3 is 1. The molecule has 0 unspecified atom stereocenters. The number of amides is 1. The molecule has 4 heteroatoms. The van der Waals surface area contributed by atoms with Crippen molar-refractivity contribution in [1.29, 1.82) is 0 Å². The maximum absolute atomic E-state index is 12.1. The molecule has 1 saturated heterocycles. The SMILES string of the molecule is CNCCCC(=O)N1CCC(Cc2ccccc2OC)CC1. The van der Waals surface area contributed by atoms with Crippen molar-refractivity contribution in [3.8, 4) is 5.75 Å². The lowest BCUT2D eigenvalue weighted by Crippen LogP contribution is -2.39. The molecule has 0 aliphatic carbocycles. The topological polar surface area (TPSA) is 41.6 Å². The first kappa shape index (κ1) is 16.8. The van der Waals surface area contributed by atoms with Crippen molar-refractivity contribution in [2.24, 2.45) is 5.92 Å². The van der Waals surface area contributed by atoms with Crippen LogP contribution in [-0.4, -0.2) is 44.6 Å². The number of rotatable bonds is 7. The van der Waals surface area contributed by atoms with Crippen molar-refractivity contribution in [2.45, 2.75) is 32.1 Å². The molecule has 1 amide bonds. The molecule has 4 nitrogen and oxygen atoms in total. The van der Waals surface area contributed by atoms with E-state index in [-0.39, 0.29) is 0 Å². The number of hydrogen-bond acceptors (Lipinski definition) is 3. The van der Waals surface area contributed by atoms with E-state index in [0.29, 0.717) is 18.2 Å². The molecule has 22 heavy (non-hydrogen) atoms. The summed E-state index contributed by atoms with van der Waals surface area (Å²) < 4.78 is 5.43. The molecule has 2 rings (SSSR count). The number of piperidine rings is 1. The highest BCUT2D eigenvalue weighted by Crippen LogP contribution is 2.26. The first-order chi connectivity index (χ1) is 10.7. The highest BCUT2D eigenvalue weighted by atomic mass is 16.5. The third-order valence-electron chi connectivity index (χ3n) is 4.49. The molecule has 0 atom stereocenters. The second-order valence-corrected chi connectivity index (χ2v) is 6.05. The average Bonchev–Trinajstić information content (AvgIpc) is 2.56. The molecule has 122 valence electrons. The molecular formula is C18H28N2O2. The zero-order valence-electron chi connectivity index (χ0n) is 13.8. The van der Waals surface area contributed by atoms with Crippen LogP contribution in [-0.2, 0) is 11.2 Å². The molecule has 0 aromatic heterocycles. The Balaban J connectivity index is 1.78. The molecular weight excluding hydrogens is 276 g/mol. The second-order valence-electron chi connectivity index (χ2n) is 6.05. The lowest BCUT2D eigenvalue weighted by Gasteiger charge is -2.32. The molecule has 1 aliphatic heterocycles. The van der Waals surface area contributed by atoms with Crippen LogP contribution in [0.15, 0.2) is 24.3 Å². The van der Waals surface area contributed by atoms with E-state index in [4.69, 9.17) is 4.74 Å². The first-order valence-corrected chi connectivity index (χ1v) is 8.29. The van der Waals surface area contributed by atoms with Gasteiger partial charge in [-0.3, -0.25) is 4.79 Å². The molecule has 1 aromatic rings. The van der Waals surface area contributed by atoms with Gasteiger partial charge in [-0.25, -0.2) is 0 Å². The summed E-state index contributed by atoms with van der Waals surface area (Å²) in [6.07, 6.45) is 4.83. The summed E-state index contributed by atoms with van der Waals surface area (Å²) in [6.45, 7) is 2.71. The molecule has 1 heterocycles. The van der Waals surface area contributed by atoms with Gasteiger partial charge in [0.1, 0.15) is 5.75 Å². The van der Waals surface area contributed by atoms with Crippen molar-refractivity contribution in [3.63, 3.8) is 0 Å². The zero-order chi connectivity index (χ0) is 15.8. The van der Waals surface area contributed by atoms with Crippen LogP contribution in [0, 0.1) is 5.92 Å². The highest BCUT2D eigenvalue weighted by molar-refractivity contribution is 5.76. The lowest BCUT2D eigenvalue weighted by molar-refractivity contribution is -0.132. The lowest BCUT2D eigenvalue weighted by atomic mass is 9.89. The van der Waals surface area contributed by atoms with E-state index in [1.54, 1.807) is 7.11 Å². The van der Waals surface area contributed by atoms with Crippen molar-refractivity contribution < 1.29 is 9.53 Å². The summed E-state index contributed by atoms with van der Waals surface area (Å²) in [5.74, 6) is 1.94. The van der Waals surface area contributed by atoms with Crippen LogP contribution >= 0.6 is 0 Å². The Labute approximate surface area is 133 Å². The first-order valence-electron chi connectivity index (χ1n) is 8.29. The Morgan fingerprint density at radius 1 is 1.32 bits per heavy atom. The van der Waals surface area contributed by atoms with Crippen LogP contribution in [0.4, 0.5) is 0 Å². The normalized spacial score (nSPS) is 15.8. The van der Waals surface area contributed by atoms with E-state index in [9.17, 15) is 4.79 Å². The Hall–Kier alpha value is -1.55. The monoisotopic (exact) mass is 304 g/mol. The third-order valence-corrected chi connectivity index (χ3v) is 4.49. The van der Waals surface area contributed by atoms with Crippen LogP contribution in [0.2, 0.25) is 0 Å². The second kappa shape index (κ2) is 8.79. The standard InChI is InChI=1S/C18H28N2O2/c1-19-11-5-8-18(21)20-12-9-15(10-13-20)14-16-6-3-4-7-17(16)22-2/h3-4,6-7,15,19H,5,8-14H2,1-2H3. The summed E-state index contributed by atoms with van der Waals surface area (Å²) >= 11 is 0. The van der Waals surface area contributed by atoms with E-state index < -0.39 is 0 Å². The Bertz CT molecular complexity index is 468. The highest BCUT2D eigenvalue weighted by Gasteiger charge is 2.23. The minimum atomic E-state index is 0.311. The van der Waals surface area contributed by atoms with Crippen LogP contribution in [0.25, 0.3) is 0 Å². The summed E-state index contributed by atoms with van der Waals surface area (Å²) in [7, 11) is 3.65. The minimum Gasteiger partial charge on any atom is -0.496 e. The van der Waals surface area contributed by atoms with Crippen molar-refractivity contribution in [3.05, 3.63) is 29.8 Å². The minimum absolute atomic E-state index is 0.311. The maximum Gasteiger partial charge on any atom is 0.222 e. The zero-order valence-corrected chi connectivity index (χ0v) is 13.8. The van der Waals surface area contributed by atoms with Gasteiger partial charge in [0.05, 0.1) is 7.11 Å². The number of carbonyl (C=O) groups is 1. The predicted octanol–water partition coefficient (Wildman–Crippen LogP) is 2.48. The summed E-state index contributed by atoms with van der Waals surface area (Å²) in [5, 5.41) is 3.09. The number of carbonyl (C=O) groups excluding carboxylic acids is 1. The van der Waals surface area contributed by atoms with E-state index in [0.717, 1.165) is 51.1 Å².